The third kappa shape index (κ3) is 3.91. The van der Waals surface area contributed by atoms with Gasteiger partial charge in [0.2, 0.25) is 5.91 Å². The van der Waals surface area contributed by atoms with Crippen LogP contribution in [-0.4, -0.2) is 48.3 Å². The molecule has 1 aromatic rings. The van der Waals surface area contributed by atoms with Crippen LogP contribution < -0.4 is 5.73 Å². The first-order chi connectivity index (χ1) is 8.72. The maximum absolute atomic E-state index is 12.2. The monoisotopic (exact) mass is 286 g/mol. The number of ether oxygens (including phenoxy) is 1. The molecule has 6 heteroatoms. The maximum atomic E-state index is 12.2. The van der Waals surface area contributed by atoms with Crippen LogP contribution >= 0.6 is 12.4 Å². The predicted octanol–water partition coefficient (Wildman–Crippen LogP) is 0.328. The third-order valence-corrected chi connectivity index (χ3v) is 3.08. The van der Waals surface area contributed by atoms with Crippen molar-refractivity contribution in [3.8, 4) is 0 Å². The molecule has 2 atom stereocenters. The van der Waals surface area contributed by atoms with Gasteiger partial charge in [-0.05, 0) is 5.56 Å². The van der Waals surface area contributed by atoms with Crippen LogP contribution in [0.3, 0.4) is 0 Å². The Morgan fingerprint density at radius 2 is 2.16 bits per heavy atom. The van der Waals surface area contributed by atoms with Gasteiger partial charge in [-0.1, -0.05) is 30.3 Å². The van der Waals surface area contributed by atoms with Crippen LogP contribution in [0.4, 0.5) is 0 Å². The van der Waals surface area contributed by atoms with Gasteiger partial charge in [0.15, 0.2) is 0 Å². The fourth-order valence-corrected chi connectivity index (χ4v) is 2.03. The average molecular weight is 287 g/mol. The Balaban J connectivity index is 0.00000180. The second-order valence-corrected chi connectivity index (χ2v) is 4.35. The zero-order valence-electron chi connectivity index (χ0n) is 10.6. The molecule has 1 aliphatic rings. The second kappa shape index (κ2) is 7.45. The molecule has 1 heterocycles. The number of morpholine rings is 1. The first-order valence-electron chi connectivity index (χ1n) is 6.04. The van der Waals surface area contributed by atoms with Gasteiger partial charge in [-0.3, -0.25) is 4.79 Å². The van der Waals surface area contributed by atoms with E-state index in [1.165, 1.54) is 0 Å². The molecule has 0 aliphatic carbocycles. The Morgan fingerprint density at radius 3 is 2.79 bits per heavy atom. The van der Waals surface area contributed by atoms with Crippen LogP contribution in [0.15, 0.2) is 30.3 Å². The smallest absolute Gasteiger partial charge is 0.244 e. The van der Waals surface area contributed by atoms with E-state index >= 15 is 0 Å². The molecule has 5 nitrogen and oxygen atoms in total. The molecule has 1 fully saturated rings. The zero-order valence-corrected chi connectivity index (χ0v) is 11.4. The number of amides is 1. The highest BCUT2D eigenvalue weighted by Gasteiger charge is 2.27. The molecule has 2 rings (SSSR count). The average Bonchev–Trinajstić information content (AvgIpc) is 2.46. The Hall–Kier alpha value is -1.14. The van der Waals surface area contributed by atoms with E-state index in [0.717, 1.165) is 5.56 Å². The zero-order chi connectivity index (χ0) is 13.0. The molecular formula is C13H19ClN2O3. The van der Waals surface area contributed by atoms with Gasteiger partial charge in [0, 0.05) is 13.1 Å². The number of hydrogen-bond acceptors (Lipinski definition) is 4. The maximum Gasteiger partial charge on any atom is 0.244 e. The van der Waals surface area contributed by atoms with E-state index in [-0.39, 0.29) is 31.0 Å². The standard InChI is InChI=1S/C13H18N2O3.ClH/c14-12(10-4-2-1-3-5-10)13(17)15-6-7-18-11(8-15)9-16;/h1-5,11-12,16H,6-9,14H2;1H. The van der Waals surface area contributed by atoms with Crippen LogP contribution in [0.5, 0.6) is 0 Å². The number of benzene rings is 1. The van der Waals surface area contributed by atoms with Crippen molar-refractivity contribution in [3.63, 3.8) is 0 Å². The summed E-state index contributed by atoms with van der Waals surface area (Å²) in [4.78, 5) is 13.9. The van der Waals surface area contributed by atoms with E-state index in [9.17, 15) is 4.79 Å². The molecule has 19 heavy (non-hydrogen) atoms. The van der Waals surface area contributed by atoms with Crippen LogP contribution in [0.25, 0.3) is 0 Å². The summed E-state index contributed by atoms with van der Waals surface area (Å²) in [6, 6.07) is 8.64. The summed E-state index contributed by atoms with van der Waals surface area (Å²) in [5.41, 5.74) is 6.76. The summed E-state index contributed by atoms with van der Waals surface area (Å²) in [5, 5.41) is 9.05. The molecule has 3 N–H and O–H groups in total. The van der Waals surface area contributed by atoms with Gasteiger partial charge in [0.05, 0.1) is 19.3 Å². The highest BCUT2D eigenvalue weighted by Crippen LogP contribution is 2.15. The number of aliphatic hydroxyl groups is 1. The SMILES string of the molecule is Cl.NC(C(=O)N1CCOC(CO)C1)c1ccccc1. The van der Waals surface area contributed by atoms with Crippen molar-refractivity contribution in [2.24, 2.45) is 5.73 Å². The molecule has 1 aromatic carbocycles. The van der Waals surface area contributed by atoms with Gasteiger partial charge in [-0.2, -0.15) is 0 Å². The van der Waals surface area contributed by atoms with E-state index in [0.29, 0.717) is 19.7 Å². The molecule has 1 saturated heterocycles. The van der Waals surface area contributed by atoms with Gasteiger partial charge >= 0.3 is 0 Å². The van der Waals surface area contributed by atoms with E-state index in [1.807, 2.05) is 30.3 Å². The van der Waals surface area contributed by atoms with Crippen molar-refractivity contribution < 1.29 is 14.6 Å². The van der Waals surface area contributed by atoms with Crippen LogP contribution in [-0.2, 0) is 9.53 Å². The van der Waals surface area contributed by atoms with Gasteiger partial charge in [0.25, 0.3) is 0 Å². The van der Waals surface area contributed by atoms with Gasteiger partial charge in [0.1, 0.15) is 6.04 Å². The number of carbonyl (C=O) groups excluding carboxylic acids is 1. The fraction of sp³-hybridized carbons (Fsp3) is 0.462. The summed E-state index contributed by atoms with van der Waals surface area (Å²) in [6.07, 6.45) is -0.300. The molecule has 0 bridgehead atoms. The lowest BCUT2D eigenvalue weighted by Gasteiger charge is -2.33. The van der Waals surface area contributed by atoms with Crippen molar-refractivity contribution in [3.05, 3.63) is 35.9 Å². The van der Waals surface area contributed by atoms with Gasteiger partial charge in [-0.15, -0.1) is 12.4 Å². The number of aliphatic hydroxyl groups excluding tert-OH is 1. The fourth-order valence-electron chi connectivity index (χ4n) is 2.03. The molecular weight excluding hydrogens is 268 g/mol. The number of hydrogen-bond donors (Lipinski definition) is 2. The van der Waals surface area contributed by atoms with Crippen molar-refractivity contribution in [1.82, 2.24) is 4.90 Å². The minimum Gasteiger partial charge on any atom is -0.394 e. The topological polar surface area (TPSA) is 75.8 Å². The number of carbonyl (C=O) groups is 1. The first-order valence-corrected chi connectivity index (χ1v) is 6.04. The summed E-state index contributed by atoms with van der Waals surface area (Å²) in [6.45, 7) is 1.29. The molecule has 0 aromatic heterocycles. The summed E-state index contributed by atoms with van der Waals surface area (Å²) in [5.74, 6) is -0.122. The normalized spacial score (nSPS) is 20.5. The summed E-state index contributed by atoms with van der Waals surface area (Å²) >= 11 is 0. The number of halogens is 1. The molecule has 1 amide bonds. The molecule has 1 aliphatic heterocycles. The van der Waals surface area contributed by atoms with E-state index < -0.39 is 6.04 Å². The van der Waals surface area contributed by atoms with Crippen LogP contribution in [0, 0.1) is 0 Å². The molecule has 0 radical (unpaired) electrons. The largest absolute Gasteiger partial charge is 0.394 e. The predicted molar refractivity (Wildman–Crippen MR) is 74.0 cm³/mol. The minimum absolute atomic E-state index is 0. The molecule has 106 valence electrons. The number of nitrogens with zero attached hydrogens (tertiary/aromatic N) is 1. The highest BCUT2D eigenvalue weighted by molar-refractivity contribution is 5.85. The highest BCUT2D eigenvalue weighted by atomic mass is 35.5. The van der Waals surface area contributed by atoms with Crippen molar-refractivity contribution in [2.75, 3.05) is 26.3 Å². The lowest BCUT2D eigenvalue weighted by molar-refractivity contribution is -0.141. The molecule has 0 saturated carbocycles. The van der Waals surface area contributed by atoms with Crippen molar-refractivity contribution >= 4 is 18.3 Å². The Kier molecular flexibility index (Phi) is 6.24. The Morgan fingerprint density at radius 1 is 1.47 bits per heavy atom. The van der Waals surface area contributed by atoms with Gasteiger partial charge < -0.3 is 20.5 Å². The summed E-state index contributed by atoms with van der Waals surface area (Å²) in [7, 11) is 0. The van der Waals surface area contributed by atoms with E-state index in [4.69, 9.17) is 15.6 Å². The lowest BCUT2D eigenvalue weighted by Crippen LogP contribution is -2.49. The van der Waals surface area contributed by atoms with E-state index in [2.05, 4.69) is 0 Å². The quantitative estimate of drug-likeness (QED) is 0.839. The Labute approximate surface area is 118 Å². The van der Waals surface area contributed by atoms with Crippen molar-refractivity contribution in [1.29, 1.82) is 0 Å². The van der Waals surface area contributed by atoms with Crippen molar-refractivity contribution in [2.45, 2.75) is 12.1 Å². The number of rotatable bonds is 3. The van der Waals surface area contributed by atoms with Gasteiger partial charge in [-0.25, -0.2) is 0 Å². The number of nitrogens with two attached hydrogens (primary N) is 1. The molecule has 2 unspecified atom stereocenters. The third-order valence-electron chi connectivity index (χ3n) is 3.08. The lowest BCUT2D eigenvalue weighted by atomic mass is 10.1. The van der Waals surface area contributed by atoms with Crippen LogP contribution in [0.1, 0.15) is 11.6 Å². The minimum atomic E-state index is -0.649. The first kappa shape index (κ1) is 15.9. The summed E-state index contributed by atoms with van der Waals surface area (Å²) < 4.78 is 5.31. The second-order valence-electron chi connectivity index (χ2n) is 4.35. The van der Waals surface area contributed by atoms with E-state index in [1.54, 1.807) is 4.90 Å². The molecule has 0 spiro atoms. The Bertz CT molecular complexity index is 402. The van der Waals surface area contributed by atoms with Crippen LogP contribution in [0.2, 0.25) is 0 Å².